The zero-order valence-corrected chi connectivity index (χ0v) is 15.5. The number of ether oxygens (including phenoxy) is 1. The Hall–Kier alpha value is -3.18. The second kappa shape index (κ2) is 7.60. The van der Waals surface area contributed by atoms with Crippen LogP contribution in [-0.2, 0) is 0 Å². The van der Waals surface area contributed by atoms with Crippen LogP contribution >= 0.6 is 11.3 Å². The van der Waals surface area contributed by atoms with Crippen LogP contribution in [0.15, 0.2) is 89.2 Å². The average molecular weight is 376 g/mol. The molecule has 0 unspecified atom stereocenters. The summed E-state index contributed by atoms with van der Waals surface area (Å²) >= 11 is 1.52. The van der Waals surface area contributed by atoms with Crippen molar-refractivity contribution in [1.82, 2.24) is 4.57 Å². The predicted molar refractivity (Wildman–Crippen MR) is 107 cm³/mol. The van der Waals surface area contributed by atoms with Crippen LogP contribution in [0.5, 0.6) is 5.75 Å². The van der Waals surface area contributed by atoms with Crippen LogP contribution in [-0.4, -0.2) is 11.7 Å². The quantitative estimate of drug-likeness (QED) is 0.456. The van der Waals surface area contributed by atoms with E-state index in [2.05, 4.69) is 0 Å². The van der Waals surface area contributed by atoms with Gasteiger partial charge >= 0.3 is 0 Å². The number of rotatable bonds is 4. The Bertz CT molecular complexity index is 1120. The molecule has 4 aromatic rings. The molecule has 0 atom stereocenters. The van der Waals surface area contributed by atoms with Crippen LogP contribution in [0.3, 0.4) is 0 Å². The zero-order chi connectivity index (χ0) is 18.6. The van der Waals surface area contributed by atoms with Crippen molar-refractivity contribution in [2.75, 3.05) is 7.11 Å². The van der Waals surface area contributed by atoms with Crippen LogP contribution in [0, 0.1) is 5.82 Å². The molecule has 0 saturated carbocycles. The van der Waals surface area contributed by atoms with E-state index >= 15 is 0 Å². The number of thiazole rings is 1. The van der Waals surface area contributed by atoms with Gasteiger partial charge in [0.1, 0.15) is 0 Å². The van der Waals surface area contributed by atoms with Gasteiger partial charge in [-0.3, -0.25) is 4.57 Å². The summed E-state index contributed by atoms with van der Waals surface area (Å²) in [7, 11) is 1.46. The van der Waals surface area contributed by atoms with Gasteiger partial charge in [-0.25, -0.2) is 9.38 Å². The molecule has 0 bridgehead atoms. The highest BCUT2D eigenvalue weighted by Crippen LogP contribution is 2.28. The number of halogens is 1. The molecule has 0 amide bonds. The number of hydrogen-bond donors (Lipinski definition) is 0. The van der Waals surface area contributed by atoms with Gasteiger partial charge in [0.05, 0.1) is 18.5 Å². The van der Waals surface area contributed by atoms with Crippen LogP contribution in [0.25, 0.3) is 16.9 Å². The van der Waals surface area contributed by atoms with Crippen molar-refractivity contribution in [3.63, 3.8) is 0 Å². The van der Waals surface area contributed by atoms with Gasteiger partial charge in [0, 0.05) is 16.6 Å². The minimum Gasteiger partial charge on any atom is -0.494 e. The molecular formula is C22H17FN2OS. The van der Waals surface area contributed by atoms with Crippen LogP contribution in [0.2, 0.25) is 0 Å². The van der Waals surface area contributed by atoms with E-state index in [0.717, 1.165) is 27.4 Å². The Kier molecular flexibility index (Phi) is 4.85. The maximum atomic E-state index is 14.3. The predicted octanol–water partition coefficient (Wildman–Crippen LogP) is 5.59. The van der Waals surface area contributed by atoms with E-state index in [1.165, 1.54) is 24.5 Å². The fourth-order valence-corrected chi connectivity index (χ4v) is 3.78. The molecule has 4 rings (SSSR count). The smallest absolute Gasteiger partial charge is 0.195 e. The topological polar surface area (TPSA) is 26.5 Å². The van der Waals surface area contributed by atoms with E-state index < -0.39 is 0 Å². The van der Waals surface area contributed by atoms with Gasteiger partial charge in [-0.15, -0.1) is 11.3 Å². The maximum Gasteiger partial charge on any atom is 0.195 e. The van der Waals surface area contributed by atoms with Crippen molar-refractivity contribution < 1.29 is 9.13 Å². The summed E-state index contributed by atoms with van der Waals surface area (Å²) in [5.74, 6) is -0.156. The molecular weight excluding hydrogens is 359 g/mol. The van der Waals surface area contributed by atoms with Gasteiger partial charge in [-0.05, 0) is 42.5 Å². The van der Waals surface area contributed by atoms with Crippen molar-refractivity contribution in [2.45, 2.75) is 0 Å². The summed E-state index contributed by atoms with van der Waals surface area (Å²) in [4.78, 5) is 5.60. The zero-order valence-electron chi connectivity index (χ0n) is 14.7. The molecule has 5 heteroatoms. The summed E-state index contributed by atoms with van der Waals surface area (Å²) in [5, 5.41) is 2.00. The SMILES string of the molecule is COc1ccc(-c2csc(=Nc3ccccc3)n2-c2ccccc2)cc1F. The van der Waals surface area contributed by atoms with E-state index in [1.807, 2.05) is 76.7 Å². The minimum atomic E-state index is -0.387. The number of nitrogens with zero attached hydrogens (tertiary/aromatic N) is 2. The lowest BCUT2D eigenvalue weighted by Crippen LogP contribution is -2.13. The van der Waals surface area contributed by atoms with Gasteiger partial charge in [0.2, 0.25) is 0 Å². The Labute approximate surface area is 160 Å². The monoisotopic (exact) mass is 376 g/mol. The van der Waals surface area contributed by atoms with E-state index in [-0.39, 0.29) is 11.6 Å². The molecule has 0 radical (unpaired) electrons. The second-order valence-electron chi connectivity index (χ2n) is 5.87. The Morgan fingerprint density at radius 2 is 1.63 bits per heavy atom. The van der Waals surface area contributed by atoms with Crippen molar-refractivity contribution in [3.8, 4) is 22.7 Å². The molecule has 0 aliphatic carbocycles. The Morgan fingerprint density at radius 1 is 0.926 bits per heavy atom. The molecule has 27 heavy (non-hydrogen) atoms. The van der Waals surface area contributed by atoms with Crippen LogP contribution < -0.4 is 9.54 Å². The summed E-state index contributed by atoms with van der Waals surface area (Å²) in [6, 6.07) is 24.7. The number of para-hydroxylation sites is 2. The number of benzene rings is 3. The lowest BCUT2D eigenvalue weighted by molar-refractivity contribution is 0.386. The van der Waals surface area contributed by atoms with E-state index in [9.17, 15) is 4.39 Å². The van der Waals surface area contributed by atoms with E-state index in [1.54, 1.807) is 6.07 Å². The molecule has 0 saturated heterocycles. The summed E-state index contributed by atoms with van der Waals surface area (Å²) in [5.41, 5.74) is 3.49. The average Bonchev–Trinajstić information content (AvgIpc) is 3.13. The van der Waals surface area contributed by atoms with E-state index in [4.69, 9.17) is 9.73 Å². The molecule has 1 aromatic heterocycles. The maximum absolute atomic E-state index is 14.3. The highest BCUT2D eigenvalue weighted by molar-refractivity contribution is 7.07. The Balaban J connectivity index is 1.93. The van der Waals surface area contributed by atoms with Crippen LogP contribution in [0.1, 0.15) is 0 Å². The highest BCUT2D eigenvalue weighted by Gasteiger charge is 2.12. The molecule has 3 nitrogen and oxygen atoms in total. The van der Waals surface area contributed by atoms with E-state index in [0.29, 0.717) is 0 Å². The third kappa shape index (κ3) is 3.55. The fraction of sp³-hybridized carbons (Fsp3) is 0.0455. The molecule has 0 aliphatic rings. The largest absolute Gasteiger partial charge is 0.494 e. The lowest BCUT2D eigenvalue weighted by atomic mass is 10.1. The fourth-order valence-electron chi connectivity index (χ4n) is 2.86. The summed E-state index contributed by atoms with van der Waals surface area (Å²) in [6.45, 7) is 0. The minimum absolute atomic E-state index is 0.231. The standard InChI is InChI=1S/C22H17FN2OS/c1-26-21-13-12-16(14-19(21)23)20-15-27-22(24-17-8-4-2-5-9-17)25(20)18-10-6-3-7-11-18/h2-15H,1H3. The molecule has 134 valence electrons. The van der Waals surface area contributed by atoms with Crippen molar-refractivity contribution >= 4 is 17.0 Å². The first-order valence-electron chi connectivity index (χ1n) is 8.46. The third-order valence-electron chi connectivity index (χ3n) is 4.15. The third-order valence-corrected chi connectivity index (χ3v) is 4.98. The summed E-state index contributed by atoms with van der Waals surface area (Å²) < 4.78 is 21.3. The normalized spacial score (nSPS) is 11.6. The first-order valence-corrected chi connectivity index (χ1v) is 9.34. The van der Waals surface area contributed by atoms with Gasteiger partial charge < -0.3 is 4.74 Å². The Morgan fingerprint density at radius 3 is 2.30 bits per heavy atom. The molecule has 0 spiro atoms. The molecule has 1 heterocycles. The number of methoxy groups -OCH3 is 1. The van der Waals surface area contributed by atoms with Crippen molar-refractivity contribution in [2.24, 2.45) is 4.99 Å². The van der Waals surface area contributed by atoms with Crippen LogP contribution in [0.4, 0.5) is 10.1 Å². The van der Waals surface area contributed by atoms with Gasteiger partial charge in [-0.2, -0.15) is 0 Å². The van der Waals surface area contributed by atoms with Gasteiger partial charge in [0.15, 0.2) is 16.4 Å². The van der Waals surface area contributed by atoms with Crippen molar-refractivity contribution in [3.05, 3.63) is 94.9 Å². The number of aromatic nitrogens is 1. The highest BCUT2D eigenvalue weighted by atomic mass is 32.1. The van der Waals surface area contributed by atoms with Gasteiger partial charge in [-0.1, -0.05) is 36.4 Å². The van der Waals surface area contributed by atoms with Crippen molar-refractivity contribution in [1.29, 1.82) is 0 Å². The first kappa shape index (κ1) is 17.2. The lowest BCUT2D eigenvalue weighted by Gasteiger charge is -2.10. The molecule has 0 fully saturated rings. The summed E-state index contributed by atoms with van der Waals surface area (Å²) in [6.07, 6.45) is 0. The first-order chi connectivity index (χ1) is 13.3. The number of hydrogen-bond acceptors (Lipinski definition) is 3. The second-order valence-corrected chi connectivity index (χ2v) is 6.71. The molecule has 0 N–H and O–H groups in total. The van der Waals surface area contributed by atoms with Gasteiger partial charge in [0.25, 0.3) is 0 Å². The molecule has 0 aliphatic heterocycles. The molecule has 3 aromatic carbocycles.